The van der Waals surface area contributed by atoms with E-state index >= 15 is 0 Å². The number of H-pyrrole nitrogens is 1. The number of hydrogen-bond donors (Lipinski definition) is 7. The molecule has 2 aromatic carbocycles. The molecule has 0 aliphatic heterocycles. The molecule has 0 fully saturated rings. The van der Waals surface area contributed by atoms with Gasteiger partial charge in [-0.2, -0.15) is 0 Å². The Morgan fingerprint density at radius 3 is 2.15 bits per heavy atom. The number of nitrogens with two attached hydrogens (primary N) is 1. The molecule has 0 saturated carbocycles. The van der Waals surface area contributed by atoms with Crippen LogP contribution in [-0.4, -0.2) is 69.0 Å². The van der Waals surface area contributed by atoms with Crippen molar-refractivity contribution in [3.8, 4) is 0 Å². The number of carbonyl (C=O) groups is 5. The van der Waals surface area contributed by atoms with Crippen LogP contribution in [0.1, 0.15) is 30.9 Å². The average Bonchev–Trinajstić information content (AvgIpc) is 3.33. The van der Waals surface area contributed by atoms with Gasteiger partial charge in [-0.15, -0.1) is 0 Å². The van der Waals surface area contributed by atoms with Gasteiger partial charge in [0.15, 0.2) is 0 Å². The summed E-state index contributed by atoms with van der Waals surface area (Å²) < 4.78 is 0. The molecular formula is C28H33N5O7. The lowest BCUT2D eigenvalue weighted by atomic mass is 10.0. The number of carboxylic acid groups (broad SMARTS) is 2. The molecule has 1 aromatic heterocycles. The molecule has 0 saturated heterocycles. The third kappa shape index (κ3) is 8.40. The number of rotatable bonds is 14. The smallest absolute Gasteiger partial charge is 0.326 e. The molecule has 40 heavy (non-hydrogen) atoms. The number of aliphatic carboxylic acids is 2. The molecule has 0 aliphatic carbocycles. The third-order valence-electron chi connectivity index (χ3n) is 6.39. The van der Waals surface area contributed by atoms with E-state index in [1.165, 1.54) is 6.92 Å². The number of aromatic nitrogens is 1. The van der Waals surface area contributed by atoms with Crippen LogP contribution in [-0.2, 0) is 36.8 Å². The van der Waals surface area contributed by atoms with Crippen molar-refractivity contribution in [1.82, 2.24) is 20.9 Å². The Morgan fingerprint density at radius 2 is 1.48 bits per heavy atom. The van der Waals surface area contributed by atoms with Crippen molar-refractivity contribution in [3.05, 3.63) is 71.9 Å². The van der Waals surface area contributed by atoms with Gasteiger partial charge in [-0.25, -0.2) is 4.79 Å². The summed E-state index contributed by atoms with van der Waals surface area (Å²) >= 11 is 0. The number of benzene rings is 2. The van der Waals surface area contributed by atoms with E-state index in [2.05, 4.69) is 20.9 Å². The van der Waals surface area contributed by atoms with E-state index in [-0.39, 0.29) is 25.7 Å². The molecule has 0 bridgehead atoms. The van der Waals surface area contributed by atoms with Gasteiger partial charge in [0.05, 0.1) is 6.04 Å². The predicted octanol–water partition coefficient (Wildman–Crippen LogP) is 0.704. The minimum atomic E-state index is -1.27. The van der Waals surface area contributed by atoms with Crippen molar-refractivity contribution in [2.75, 3.05) is 0 Å². The zero-order valence-corrected chi connectivity index (χ0v) is 21.9. The van der Waals surface area contributed by atoms with Crippen LogP contribution < -0.4 is 21.7 Å². The number of fused-ring (bicyclic) bond motifs is 1. The highest BCUT2D eigenvalue weighted by Gasteiger charge is 2.29. The Bertz CT molecular complexity index is 1360. The molecule has 0 aliphatic rings. The standard InChI is InChI=1S/C28H33N5O7/c1-16(31-26(37)20(29)11-12-24(34)35)25(36)32-22(13-17-7-3-2-4-8-17)27(38)33-23(28(39)40)14-18-15-30-21-10-6-5-9-19(18)21/h2-10,15-16,20,22-23,30H,11-14,29H2,1H3,(H,31,37)(H,32,36)(H,33,38)(H,34,35)(H,39,40). The fourth-order valence-corrected chi connectivity index (χ4v) is 4.14. The van der Waals surface area contributed by atoms with Crippen molar-refractivity contribution >= 4 is 40.6 Å². The summed E-state index contributed by atoms with van der Waals surface area (Å²) in [5.41, 5.74) is 7.98. The maximum absolute atomic E-state index is 13.3. The molecule has 4 unspecified atom stereocenters. The molecular weight excluding hydrogens is 518 g/mol. The second kappa shape index (κ2) is 13.9. The lowest BCUT2D eigenvalue weighted by Crippen LogP contribution is -2.57. The van der Waals surface area contributed by atoms with E-state index < -0.39 is 53.8 Å². The number of para-hydroxylation sites is 1. The van der Waals surface area contributed by atoms with Crippen LogP contribution in [0, 0.1) is 0 Å². The van der Waals surface area contributed by atoms with Gasteiger partial charge in [-0.1, -0.05) is 48.5 Å². The topological polar surface area (TPSA) is 204 Å². The van der Waals surface area contributed by atoms with Gasteiger partial charge in [0, 0.05) is 36.4 Å². The summed E-state index contributed by atoms with van der Waals surface area (Å²) in [6, 6.07) is 11.6. The molecule has 8 N–H and O–H groups in total. The van der Waals surface area contributed by atoms with Crippen LogP contribution >= 0.6 is 0 Å². The second-order valence-electron chi connectivity index (χ2n) is 9.48. The molecule has 3 aromatic rings. The van der Waals surface area contributed by atoms with Crippen LogP contribution in [0.4, 0.5) is 0 Å². The Labute approximate surface area is 230 Å². The summed E-state index contributed by atoms with van der Waals surface area (Å²) in [5.74, 6) is -4.45. The molecule has 12 nitrogen and oxygen atoms in total. The average molecular weight is 552 g/mol. The number of amides is 3. The second-order valence-corrected chi connectivity index (χ2v) is 9.48. The molecule has 12 heteroatoms. The quantitative estimate of drug-likeness (QED) is 0.152. The van der Waals surface area contributed by atoms with E-state index in [0.29, 0.717) is 5.56 Å². The first-order chi connectivity index (χ1) is 19.0. The zero-order valence-electron chi connectivity index (χ0n) is 21.9. The number of hydrogen-bond acceptors (Lipinski definition) is 6. The summed E-state index contributed by atoms with van der Waals surface area (Å²) in [6.07, 6.45) is 1.36. The lowest BCUT2D eigenvalue weighted by molar-refractivity contribution is -0.142. The Morgan fingerprint density at radius 1 is 0.825 bits per heavy atom. The Kier molecular flexibility index (Phi) is 10.4. The molecule has 1 heterocycles. The van der Waals surface area contributed by atoms with Gasteiger partial charge >= 0.3 is 11.9 Å². The van der Waals surface area contributed by atoms with Crippen LogP contribution in [0.25, 0.3) is 10.9 Å². The van der Waals surface area contributed by atoms with Crippen molar-refractivity contribution in [1.29, 1.82) is 0 Å². The molecule has 3 rings (SSSR count). The number of aromatic amines is 1. The molecule has 3 amide bonds. The van der Waals surface area contributed by atoms with Crippen LogP contribution in [0.2, 0.25) is 0 Å². The number of nitrogens with one attached hydrogen (secondary N) is 4. The molecule has 0 spiro atoms. The van der Waals surface area contributed by atoms with E-state index in [1.54, 1.807) is 36.5 Å². The van der Waals surface area contributed by atoms with E-state index in [1.807, 2.05) is 24.3 Å². The first-order valence-electron chi connectivity index (χ1n) is 12.8. The number of carbonyl (C=O) groups excluding carboxylic acids is 3. The fourth-order valence-electron chi connectivity index (χ4n) is 4.14. The largest absolute Gasteiger partial charge is 0.481 e. The maximum Gasteiger partial charge on any atom is 0.326 e. The highest BCUT2D eigenvalue weighted by atomic mass is 16.4. The number of carboxylic acids is 2. The SMILES string of the molecule is CC(NC(=O)C(N)CCC(=O)O)C(=O)NC(Cc1ccccc1)C(=O)NC(Cc1c[nH]c2ccccc12)C(=O)O. The van der Waals surface area contributed by atoms with E-state index in [0.717, 1.165) is 16.5 Å². The fraction of sp³-hybridized carbons (Fsp3) is 0.321. The molecule has 212 valence electrons. The summed E-state index contributed by atoms with van der Waals surface area (Å²) in [4.78, 5) is 64.4. The zero-order chi connectivity index (χ0) is 29.2. The molecule has 0 radical (unpaired) electrons. The van der Waals surface area contributed by atoms with Crippen LogP contribution in [0.15, 0.2) is 60.8 Å². The van der Waals surface area contributed by atoms with Gasteiger partial charge in [0.25, 0.3) is 0 Å². The first-order valence-corrected chi connectivity index (χ1v) is 12.8. The van der Waals surface area contributed by atoms with Gasteiger partial charge in [-0.3, -0.25) is 19.2 Å². The minimum Gasteiger partial charge on any atom is -0.481 e. The summed E-state index contributed by atoms with van der Waals surface area (Å²) in [7, 11) is 0. The maximum atomic E-state index is 13.3. The Hall–Kier alpha value is -4.71. The van der Waals surface area contributed by atoms with Crippen LogP contribution in [0.5, 0.6) is 0 Å². The van der Waals surface area contributed by atoms with Gasteiger partial charge < -0.3 is 36.9 Å². The normalized spacial score (nSPS) is 13.9. The van der Waals surface area contributed by atoms with Crippen LogP contribution in [0.3, 0.4) is 0 Å². The predicted molar refractivity (Wildman–Crippen MR) is 146 cm³/mol. The van der Waals surface area contributed by atoms with Crippen molar-refractivity contribution in [2.24, 2.45) is 5.73 Å². The van der Waals surface area contributed by atoms with Crippen molar-refractivity contribution < 1.29 is 34.2 Å². The minimum absolute atomic E-state index is 0.0117. The monoisotopic (exact) mass is 551 g/mol. The molecule has 4 atom stereocenters. The van der Waals surface area contributed by atoms with Gasteiger partial charge in [-0.05, 0) is 30.5 Å². The summed E-state index contributed by atoms with van der Waals surface area (Å²) in [5, 5.41) is 27.0. The van der Waals surface area contributed by atoms with Crippen molar-refractivity contribution in [2.45, 2.75) is 56.8 Å². The van der Waals surface area contributed by atoms with E-state index in [9.17, 15) is 29.1 Å². The van der Waals surface area contributed by atoms with Crippen molar-refractivity contribution in [3.63, 3.8) is 0 Å². The van der Waals surface area contributed by atoms with E-state index in [4.69, 9.17) is 10.8 Å². The lowest BCUT2D eigenvalue weighted by Gasteiger charge is -2.24. The highest BCUT2D eigenvalue weighted by molar-refractivity contribution is 5.94. The summed E-state index contributed by atoms with van der Waals surface area (Å²) in [6.45, 7) is 1.39. The first kappa shape index (κ1) is 29.8. The van der Waals surface area contributed by atoms with Gasteiger partial charge in [0.1, 0.15) is 18.1 Å². The third-order valence-corrected chi connectivity index (χ3v) is 6.39. The van der Waals surface area contributed by atoms with Gasteiger partial charge in [0.2, 0.25) is 17.7 Å². The highest BCUT2D eigenvalue weighted by Crippen LogP contribution is 2.19. The Balaban J connectivity index is 1.71.